The Morgan fingerprint density at radius 3 is 2.78 bits per heavy atom. The lowest BCUT2D eigenvalue weighted by Crippen LogP contribution is -2.00. The number of rotatable bonds is 4. The molecule has 96 valence electrons. The summed E-state index contributed by atoms with van der Waals surface area (Å²) in [6.07, 6.45) is 4.16. The van der Waals surface area contributed by atoms with Gasteiger partial charge in [0.2, 0.25) is 0 Å². The van der Waals surface area contributed by atoms with Gasteiger partial charge in [0.15, 0.2) is 0 Å². The van der Waals surface area contributed by atoms with E-state index in [1.54, 1.807) is 6.33 Å². The van der Waals surface area contributed by atoms with Crippen molar-refractivity contribution in [2.24, 2.45) is 7.05 Å². The summed E-state index contributed by atoms with van der Waals surface area (Å²) < 4.78 is 1.93. The van der Waals surface area contributed by atoms with Gasteiger partial charge in [0.1, 0.15) is 12.0 Å². The average molecular weight is 247 g/mol. The Kier molecular flexibility index (Phi) is 3.32. The molecule has 5 heteroatoms. The molecule has 18 heavy (non-hydrogen) atoms. The van der Waals surface area contributed by atoms with Crippen LogP contribution in [0.5, 0.6) is 0 Å². The van der Waals surface area contributed by atoms with Gasteiger partial charge in [-0.2, -0.15) is 0 Å². The molecule has 0 bridgehead atoms. The van der Waals surface area contributed by atoms with Crippen molar-refractivity contribution in [2.45, 2.75) is 32.6 Å². The topological polar surface area (TPSA) is 68.0 Å². The molecular weight excluding hydrogens is 230 g/mol. The number of aliphatic carboxylic acids is 1. The van der Waals surface area contributed by atoms with Gasteiger partial charge >= 0.3 is 5.97 Å². The van der Waals surface area contributed by atoms with Crippen molar-refractivity contribution in [1.82, 2.24) is 14.5 Å². The van der Waals surface area contributed by atoms with E-state index < -0.39 is 5.97 Å². The smallest absolute Gasteiger partial charge is 0.303 e. The first-order chi connectivity index (χ1) is 8.50. The van der Waals surface area contributed by atoms with Crippen LogP contribution in [0.3, 0.4) is 0 Å². The van der Waals surface area contributed by atoms with E-state index in [9.17, 15) is 4.79 Å². The third-order valence-electron chi connectivity index (χ3n) is 3.02. The summed E-state index contributed by atoms with van der Waals surface area (Å²) in [5.74, 6) is -0.489. The number of hydrogen-bond donors (Lipinski definition) is 1. The number of hydrogen-bond acceptors (Lipinski definition) is 3. The first-order valence-corrected chi connectivity index (χ1v) is 6.01. The summed E-state index contributed by atoms with van der Waals surface area (Å²) >= 11 is 0. The first-order valence-electron chi connectivity index (χ1n) is 6.01. The second-order valence-corrected chi connectivity index (χ2v) is 4.77. The highest BCUT2D eigenvalue weighted by molar-refractivity contribution is 5.83. The fourth-order valence-corrected chi connectivity index (χ4v) is 2.19. The molecular formula is C13H17N3O2. The quantitative estimate of drug-likeness (QED) is 0.898. The number of aryl methyl sites for hydroxylation is 2. The van der Waals surface area contributed by atoms with Crippen LogP contribution in [0.25, 0.3) is 11.0 Å². The largest absolute Gasteiger partial charge is 0.481 e. The molecule has 0 aliphatic carbocycles. The van der Waals surface area contributed by atoms with Gasteiger partial charge in [0, 0.05) is 25.1 Å². The molecule has 2 aromatic heterocycles. The van der Waals surface area contributed by atoms with E-state index in [4.69, 9.17) is 5.11 Å². The highest BCUT2D eigenvalue weighted by atomic mass is 16.4. The summed E-state index contributed by atoms with van der Waals surface area (Å²) in [5.41, 5.74) is 2.87. The molecule has 2 heterocycles. The molecule has 1 N–H and O–H groups in total. The summed E-state index contributed by atoms with van der Waals surface area (Å²) in [6.45, 7) is 4.16. The monoisotopic (exact) mass is 247 g/mol. The van der Waals surface area contributed by atoms with Crippen LogP contribution in [0.2, 0.25) is 0 Å². The van der Waals surface area contributed by atoms with Gasteiger partial charge in [-0.3, -0.25) is 4.79 Å². The summed E-state index contributed by atoms with van der Waals surface area (Å²) in [7, 11) is 1.92. The van der Waals surface area contributed by atoms with E-state index in [1.807, 2.05) is 17.8 Å². The van der Waals surface area contributed by atoms with Gasteiger partial charge < -0.3 is 9.67 Å². The molecule has 0 unspecified atom stereocenters. The molecule has 0 saturated carbocycles. The molecule has 0 spiro atoms. The van der Waals surface area contributed by atoms with E-state index in [2.05, 4.69) is 23.8 Å². The van der Waals surface area contributed by atoms with Gasteiger partial charge in [-0.25, -0.2) is 9.97 Å². The molecule has 0 aliphatic heterocycles. The second kappa shape index (κ2) is 4.76. The zero-order valence-corrected chi connectivity index (χ0v) is 10.8. The van der Waals surface area contributed by atoms with Gasteiger partial charge in [-0.1, -0.05) is 13.8 Å². The maximum absolute atomic E-state index is 10.7. The standard InChI is InChI=1S/C13H17N3O2/c1-8(2)12-11-9(4-5-10(17)18)6-16(3)13(11)15-7-14-12/h6-8H,4-5H2,1-3H3,(H,17,18). The lowest BCUT2D eigenvalue weighted by Gasteiger charge is -2.07. The van der Waals surface area contributed by atoms with Gasteiger partial charge in [0.05, 0.1) is 5.69 Å². The normalized spacial score (nSPS) is 11.3. The molecule has 2 aromatic rings. The maximum Gasteiger partial charge on any atom is 0.303 e. The minimum absolute atomic E-state index is 0.130. The number of fused-ring (bicyclic) bond motifs is 1. The highest BCUT2D eigenvalue weighted by Crippen LogP contribution is 2.27. The number of carbonyl (C=O) groups is 1. The van der Waals surface area contributed by atoms with E-state index in [1.165, 1.54) is 0 Å². The van der Waals surface area contributed by atoms with E-state index >= 15 is 0 Å². The van der Waals surface area contributed by atoms with Gasteiger partial charge in [-0.15, -0.1) is 0 Å². The van der Waals surface area contributed by atoms with Crippen LogP contribution in [0.4, 0.5) is 0 Å². The van der Waals surface area contributed by atoms with Crippen LogP contribution in [0.15, 0.2) is 12.5 Å². The number of nitrogens with zero attached hydrogens (tertiary/aromatic N) is 3. The minimum atomic E-state index is -0.782. The Balaban J connectivity index is 2.55. The Morgan fingerprint density at radius 1 is 1.44 bits per heavy atom. The Bertz CT molecular complexity index is 587. The van der Waals surface area contributed by atoms with Crippen molar-refractivity contribution in [3.63, 3.8) is 0 Å². The predicted molar refractivity (Wildman–Crippen MR) is 68.6 cm³/mol. The Labute approximate surface area is 105 Å². The van der Waals surface area contributed by atoms with Crippen LogP contribution in [0, 0.1) is 0 Å². The fraction of sp³-hybridized carbons (Fsp3) is 0.462. The van der Waals surface area contributed by atoms with Crippen molar-refractivity contribution < 1.29 is 9.90 Å². The van der Waals surface area contributed by atoms with Gasteiger partial charge in [-0.05, 0) is 17.9 Å². The molecule has 2 rings (SSSR count). The number of carboxylic acid groups (broad SMARTS) is 1. The molecule has 0 radical (unpaired) electrons. The summed E-state index contributed by atoms with van der Waals surface area (Å²) in [5, 5.41) is 9.80. The average Bonchev–Trinajstić information content (AvgIpc) is 2.64. The maximum atomic E-state index is 10.7. The molecule has 0 atom stereocenters. The number of aromatic nitrogens is 3. The van der Waals surface area contributed by atoms with Crippen molar-refractivity contribution in [2.75, 3.05) is 0 Å². The summed E-state index contributed by atoms with van der Waals surface area (Å²) in [4.78, 5) is 19.3. The lowest BCUT2D eigenvalue weighted by molar-refractivity contribution is -0.136. The molecule has 0 amide bonds. The first kappa shape index (κ1) is 12.5. The van der Waals surface area contributed by atoms with E-state index in [-0.39, 0.29) is 6.42 Å². The van der Waals surface area contributed by atoms with Crippen molar-refractivity contribution in [3.05, 3.63) is 23.8 Å². The van der Waals surface area contributed by atoms with Crippen LogP contribution in [0.1, 0.15) is 37.4 Å². The molecule has 5 nitrogen and oxygen atoms in total. The zero-order chi connectivity index (χ0) is 13.3. The van der Waals surface area contributed by atoms with Crippen LogP contribution >= 0.6 is 0 Å². The van der Waals surface area contributed by atoms with E-state index in [0.717, 1.165) is 22.3 Å². The Hall–Kier alpha value is -1.91. The third kappa shape index (κ3) is 2.20. The minimum Gasteiger partial charge on any atom is -0.481 e. The second-order valence-electron chi connectivity index (χ2n) is 4.77. The Morgan fingerprint density at radius 2 is 2.17 bits per heavy atom. The van der Waals surface area contributed by atoms with Crippen molar-refractivity contribution in [1.29, 1.82) is 0 Å². The van der Waals surface area contributed by atoms with Gasteiger partial charge in [0.25, 0.3) is 0 Å². The van der Waals surface area contributed by atoms with Crippen LogP contribution in [-0.2, 0) is 18.3 Å². The number of carboxylic acids is 1. The van der Waals surface area contributed by atoms with E-state index in [0.29, 0.717) is 12.3 Å². The molecule has 0 aliphatic rings. The SMILES string of the molecule is CC(C)c1ncnc2c1c(CCC(=O)O)cn2C. The van der Waals surface area contributed by atoms with Crippen molar-refractivity contribution >= 4 is 17.0 Å². The third-order valence-corrected chi connectivity index (χ3v) is 3.02. The van der Waals surface area contributed by atoms with Crippen LogP contribution in [-0.4, -0.2) is 25.6 Å². The highest BCUT2D eigenvalue weighted by Gasteiger charge is 2.15. The molecule has 0 saturated heterocycles. The zero-order valence-electron chi connectivity index (χ0n) is 10.8. The fourth-order valence-electron chi connectivity index (χ4n) is 2.19. The van der Waals surface area contributed by atoms with Crippen LogP contribution < -0.4 is 0 Å². The van der Waals surface area contributed by atoms with Crippen molar-refractivity contribution in [3.8, 4) is 0 Å². The summed E-state index contributed by atoms with van der Waals surface area (Å²) in [6, 6.07) is 0. The predicted octanol–water partition coefficient (Wildman–Crippen LogP) is 2.11. The molecule has 0 aromatic carbocycles. The lowest BCUT2D eigenvalue weighted by atomic mass is 10.0. The molecule has 0 fully saturated rings.